The Morgan fingerprint density at radius 3 is 3.11 bits per heavy atom. The highest BCUT2D eigenvalue weighted by Gasteiger charge is 2.25. The number of hydrogen-bond acceptors (Lipinski definition) is 3. The lowest BCUT2D eigenvalue weighted by Crippen LogP contribution is -2.46. The summed E-state index contributed by atoms with van der Waals surface area (Å²) in [5, 5.41) is 6.24. The standard InChI is InChI=1S/C15H22N2O2/c1-3-11-7-8-16-14(9-11)15(18)17-12-5-4-6-13(10-12)19-2/h4-6,10-11,14,16H,3,7-9H2,1-2H3,(H,17,18). The Morgan fingerprint density at radius 1 is 1.53 bits per heavy atom. The van der Waals surface area contributed by atoms with Gasteiger partial charge in [0.1, 0.15) is 5.75 Å². The van der Waals surface area contributed by atoms with Crippen molar-refractivity contribution in [3.8, 4) is 5.75 Å². The van der Waals surface area contributed by atoms with Crippen molar-refractivity contribution in [2.45, 2.75) is 32.2 Å². The number of methoxy groups -OCH3 is 1. The van der Waals surface area contributed by atoms with Crippen molar-refractivity contribution in [2.75, 3.05) is 19.0 Å². The van der Waals surface area contributed by atoms with Crippen molar-refractivity contribution in [2.24, 2.45) is 5.92 Å². The number of carbonyl (C=O) groups is 1. The Labute approximate surface area is 114 Å². The van der Waals surface area contributed by atoms with E-state index in [9.17, 15) is 4.79 Å². The van der Waals surface area contributed by atoms with Crippen LogP contribution < -0.4 is 15.4 Å². The van der Waals surface area contributed by atoms with Crippen molar-refractivity contribution in [1.82, 2.24) is 5.32 Å². The van der Waals surface area contributed by atoms with Crippen LogP contribution in [0.2, 0.25) is 0 Å². The Kier molecular flexibility index (Phi) is 4.80. The molecule has 1 aromatic carbocycles. The summed E-state index contributed by atoms with van der Waals surface area (Å²) in [4.78, 5) is 12.2. The molecule has 0 bridgehead atoms. The second-order valence-electron chi connectivity index (χ2n) is 5.03. The molecule has 2 unspecified atom stereocenters. The average molecular weight is 262 g/mol. The van der Waals surface area contributed by atoms with Crippen molar-refractivity contribution < 1.29 is 9.53 Å². The van der Waals surface area contributed by atoms with Gasteiger partial charge in [0.15, 0.2) is 0 Å². The van der Waals surface area contributed by atoms with Gasteiger partial charge in [-0.25, -0.2) is 0 Å². The highest BCUT2D eigenvalue weighted by atomic mass is 16.5. The van der Waals surface area contributed by atoms with Crippen LogP contribution in [0.15, 0.2) is 24.3 Å². The summed E-state index contributed by atoms with van der Waals surface area (Å²) in [6, 6.07) is 7.36. The molecule has 4 heteroatoms. The molecule has 0 saturated carbocycles. The second kappa shape index (κ2) is 6.57. The summed E-state index contributed by atoms with van der Waals surface area (Å²) in [5.41, 5.74) is 0.782. The zero-order valence-electron chi connectivity index (χ0n) is 11.6. The van der Waals surface area contributed by atoms with E-state index in [4.69, 9.17) is 4.74 Å². The minimum atomic E-state index is -0.0788. The molecule has 2 rings (SSSR count). The summed E-state index contributed by atoms with van der Waals surface area (Å²) in [5.74, 6) is 1.45. The molecule has 104 valence electrons. The molecule has 2 N–H and O–H groups in total. The number of ether oxygens (including phenoxy) is 1. The number of nitrogens with one attached hydrogen (secondary N) is 2. The molecule has 1 aromatic rings. The van der Waals surface area contributed by atoms with E-state index in [1.807, 2.05) is 24.3 Å². The number of rotatable bonds is 4. The molecular formula is C15H22N2O2. The number of carbonyl (C=O) groups excluding carboxylic acids is 1. The van der Waals surface area contributed by atoms with Gasteiger partial charge in [-0.2, -0.15) is 0 Å². The van der Waals surface area contributed by atoms with Gasteiger partial charge in [0.2, 0.25) is 5.91 Å². The summed E-state index contributed by atoms with van der Waals surface area (Å²) in [7, 11) is 1.62. The smallest absolute Gasteiger partial charge is 0.241 e. The second-order valence-corrected chi connectivity index (χ2v) is 5.03. The zero-order chi connectivity index (χ0) is 13.7. The van der Waals surface area contributed by atoms with Gasteiger partial charge < -0.3 is 15.4 Å². The maximum Gasteiger partial charge on any atom is 0.241 e. The molecule has 1 saturated heterocycles. The van der Waals surface area contributed by atoms with Crippen LogP contribution in [0.25, 0.3) is 0 Å². The zero-order valence-corrected chi connectivity index (χ0v) is 11.6. The topological polar surface area (TPSA) is 50.4 Å². The molecule has 19 heavy (non-hydrogen) atoms. The molecule has 2 atom stereocenters. The van der Waals surface area contributed by atoms with Gasteiger partial charge in [-0.15, -0.1) is 0 Å². The SMILES string of the molecule is CCC1CCNC(C(=O)Nc2cccc(OC)c2)C1. The first kappa shape index (κ1) is 13.9. The minimum Gasteiger partial charge on any atom is -0.497 e. The lowest BCUT2D eigenvalue weighted by molar-refractivity contribution is -0.119. The Morgan fingerprint density at radius 2 is 2.37 bits per heavy atom. The van der Waals surface area contributed by atoms with Crippen LogP contribution >= 0.6 is 0 Å². The van der Waals surface area contributed by atoms with Crippen molar-refractivity contribution in [1.29, 1.82) is 0 Å². The molecule has 0 aliphatic carbocycles. The fourth-order valence-corrected chi connectivity index (χ4v) is 2.50. The van der Waals surface area contributed by atoms with Crippen molar-refractivity contribution in [3.05, 3.63) is 24.3 Å². The first-order chi connectivity index (χ1) is 9.22. The van der Waals surface area contributed by atoms with Gasteiger partial charge in [0.25, 0.3) is 0 Å². The summed E-state index contributed by atoms with van der Waals surface area (Å²) >= 11 is 0. The number of anilines is 1. The lowest BCUT2D eigenvalue weighted by Gasteiger charge is -2.28. The summed E-state index contributed by atoms with van der Waals surface area (Å²) in [6.07, 6.45) is 3.23. The van der Waals surface area contributed by atoms with E-state index < -0.39 is 0 Å². The fraction of sp³-hybridized carbons (Fsp3) is 0.533. The molecule has 0 aromatic heterocycles. The van der Waals surface area contributed by atoms with E-state index in [1.54, 1.807) is 7.11 Å². The Bertz CT molecular complexity index is 434. The van der Waals surface area contributed by atoms with Gasteiger partial charge in [-0.3, -0.25) is 4.79 Å². The molecule has 1 fully saturated rings. The van der Waals surface area contributed by atoms with E-state index in [-0.39, 0.29) is 11.9 Å². The number of piperidine rings is 1. The van der Waals surface area contributed by atoms with E-state index in [1.165, 1.54) is 6.42 Å². The van der Waals surface area contributed by atoms with Gasteiger partial charge in [0, 0.05) is 11.8 Å². The lowest BCUT2D eigenvalue weighted by atomic mass is 9.90. The van der Waals surface area contributed by atoms with Gasteiger partial charge in [-0.1, -0.05) is 19.4 Å². The van der Waals surface area contributed by atoms with E-state index >= 15 is 0 Å². The van der Waals surface area contributed by atoms with Crippen LogP contribution in [0.4, 0.5) is 5.69 Å². The van der Waals surface area contributed by atoms with Crippen molar-refractivity contribution >= 4 is 11.6 Å². The summed E-state index contributed by atoms with van der Waals surface area (Å²) in [6.45, 7) is 3.11. The van der Waals surface area contributed by atoms with Gasteiger partial charge >= 0.3 is 0 Å². The van der Waals surface area contributed by atoms with Crippen LogP contribution in [0.3, 0.4) is 0 Å². The number of amides is 1. The minimum absolute atomic E-state index is 0.0476. The molecule has 1 heterocycles. The maximum absolute atomic E-state index is 12.2. The predicted molar refractivity (Wildman–Crippen MR) is 76.4 cm³/mol. The highest BCUT2D eigenvalue weighted by Crippen LogP contribution is 2.21. The molecule has 1 aliphatic heterocycles. The third kappa shape index (κ3) is 3.70. The number of benzene rings is 1. The summed E-state index contributed by atoms with van der Waals surface area (Å²) < 4.78 is 5.15. The van der Waals surface area contributed by atoms with E-state index in [2.05, 4.69) is 17.6 Å². The monoisotopic (exact) mass is 262 g/mol. The third-order valence-corrected chi connectivity index (χ3v) is 3.74. The normalized spacial score (nSPS) is 22.8. The number of hydrogen-bond donors (Lipinski definition) is 2. The van der Waals surface area contributed by atoms with E-state index in [0.717, 1.165) is 30.8 Å². The molecule has 1 aliphatic rings. The average Bonchev–Trinajstić information content (AvgIpc) is 2.47. The third-order valence-electron chi connectivity index (χ3n) is 3.74. The molecule has 4 nitrogen and oxygen atoms in total. The first-order valence-corrected chi connectivity index (χ1v) is 6.91. The largest absolute Gasteiger partial charge is 0.497 e. The van der Waals surface area contributed by atoms with Crippen LogP contribution in [-0.4, -0.2) is 25.6 Å². The Balaban J connectivity index is 1.96. The molecule has 1 amide bonds. The maximum atomic E-state index is 12.2. The van der Waals surface area contributed by atoms with Crippen LogP contribution in [0, 0.1) is 5.92 Å². The molecule has 0 radical (unpaired) electrons. The van der Waals surface area contributed by atoms with Crippen LogP contribution in [0.5, 0.6) is 5.75 Å². The first-order valence-electron chi connectivity index (χ1n) is 6.91. The fourth-order valence-electron chi connectivity index (χ4n) is 2.50. The highest BCUT2D eigenvalue weighted by molar-refractivity contribution is 5.95. The van der Waals surface area contributed by atoms with Crippen LogP contribution in [0.1, 0.15) is 26.2 Å². The van der Waals surface area contributed by atoms with Crippen molar-refractivity contribution in [3.63, 3.8) is 0 Å². The molecular weight excluding hydrogens is 240 g/mol. The quantitative estimate of drug-likeness (QED) is 0.876. The predicted octanol–water partition coefficient (Wildman–Crippen LogP) is 2.41. The Hall–Kier alpha value is -1.55. The van der Waals surface area contributed by atoms with Gasteiger partial charge in [-0.05, 0) is 37.4 Å². The molecule has 0 spiro atoms. The van der Waals surface area contributed by atoms with Crippen LogP contribution in [-0.2, 0) is 4.79 Å². The van der Waals surface area contributed by atoms with Gasteiger partial charge in [0.05, 0.1) is 13.2 Å². The van der Waals surface area contributed by atoms with E-state index in [0.29, 0.717) is 5.92 Å².